The van der Waals surface area contributed by atoms with Crippen molar-refractivity contribution in [3.8, 4) is 0 Å². The van der Waals surface area contributed by atoms with Crippen molar-refractivity contribution in [2.75, 3.05) is 50.8 Å². The van der Waals surface area contributed by atoms with E-state index in [1.54, 1.807) is 16.7 Å². The lowest BCUT2D eigenvalue weighted by Crippen LogP contribution is -2.50. The Balaban J connectivity index is 2.06. The van der Waals surface area contributed by atoms with E-state index >= 15 is 0 Å². The minimum atomic E-state index is -0.445. The number of carbonyl (C=O) groups is 2. The van der Waals surface area contributed by atoms with Crippen LogP contribution in [0.1, 0.15) is 47.5 Å². The molecule has 0 aromatic heterocycles. The van der Waals surface area contributed by atoms with E-state index in [1.807, 2.05) is 20.8 Å². The van der Waals surface area contributed by atoms with Gasteiger partial charge in [0.15, 0.2) is 0 Å². The van der Waals surface area contributed by atoms with Gasteiger partial charge in [-0.05, 0) is 51.8 Å². The fourth-order valence-electron chi connectivity index (χ4n) is 2.55. The first-order valence-corrected chi connectivity index (χ1v) is 10.9. The Bertz CT molecular complexity index is 430. The van der Waals surface area contributed by atoms with Crippen molar-refractivity contribution >= 4 is 23.8 Å². The fraction of sp³-hybridized carbons (Fsp3) is 0.895. The highest BCUT2D eigenvalue weighted by atomic mass is 32.2. The third-order valence-corrected chi connectivity index (χ3v) is 5.06. The van der Waals surface area contributed by atoms with Crippen molar-refractivity contribution in [1.82, 2.24) is 15.1 Å². The molecule has 1 aliphatic heterocycles. The van der Waals surface area contributed by atoms with E-state index < -0.39 is 5.60 Å². The van der Waals surface area contributed by atoms with Crippen LogP contribution in [0.4, 0.5) is 4.79 Å². The van der Waals surface area contributed by atoms with Gasteiger partial charge in [0.1, 0.15) is 5.60 Å². The van der Waals surface area contributed by atoms with E-state index in [-0.39, 0.29) is 12.0 Å². The van der Waals surface area contributed by atoms with Gasteiger partial charge in [0.2, 0.25) is 5.91 Å². The SMILES string of the molecule is CC(C)CCSCC(=O)NCCCN1CCN(C(=O)OC(C)(C)C)CC1. The molecule has 0 radical (unpaired) electrons. The Morgan fingerprint density at radius 1 is 1.15 bits per heavy atom. The molecule has 6 nitrogen and oxygen atoms in total. The summed E-state index contributed by atoms with van der Waals surface area (Å²) in [5, 5.41) is 2.99. The van der Waals surface area contributed by atoms with E-state index in [0.29, 0.717) is 24.8 Å². The third kappa shape index (κ3) is 10.9. The molecule has 1 saturated heterocycles. The largest absolute Gasteiger partial charge is 0.444 e. The van der Waals surface area contributed by atoms with Crippen molar-refractivity contribution in [1.29, 1.82) is 0 Å². The predicted molar refractivity (Wildman–Crippen MR) is 109 cm³/mol. The summed E-state index contributed by atoms with van der Waals surface area (Å²) in [6.45, 7) is 14.9. The Labute approximate surface area is 163 Å². The first-order valence-electron chi connectivity index (χ1n) is 9.72. The predicted octanol–water partition coefficient (Wildman–Crippen LogP) is 2.82. The normalized spacial score (nSPS) is 16.0. The summed E-state index contributed by atoms with van der Waals surface area (Å²) in [7, 11) is 0. The summed E-state index contributed by atoms with van der Waals surface area (Å²) in [5.74, 6) is 2.43. The maximum atomic E-state index is 12.0. The molecule has 1 heterocycles. The van der Waals surface area contributed by atoms with Crippen LogP contribution in [-0.2, 0) is 9.53 Å². The Hall–Kier alpha value is -0.950. The summed E-state index contributed by atoms with van der Waals surface area (Å²) in [5.41, 5.74) is -0.445. The molecule has 0 spiro atoms. The van der Waals surface area contributed by atoms with Gasteiger partial charge < -0.3 is 15.0 Å². The van der Waals surface area contributed by atoms with Crippen molar-refractivity contribution in [2.24, 2.45) is 5.92 Å². The van der Waals surface area contributed by atoms with Crippen molar-refractivity contribution in [2.45, 2.75) is 53.1 Å². The van der Waals surface area contributed by atoms with Gasteiger partial charge in [-0.2, -0.15) is 11.8 Å². The molecule has 2 amide bonds. The molecule has 0 bridgehead atoms. The zero-order valence-electron chi connectivity index (χ0n) is 17.2. The van der Waals surface area contributed by atoms with Gasteiger partial charge in [0.25, 0.3) is 0 Å². The first-order chi connectivity index (χ1) is 12.2. The van der Waals surface area contributed by atoms with Crippen LogP contribution in [0.25, 0.3) is 0 Å². The topological polar surface area (TPSA) is 61.9 Å². The average Bonchev–Trinajstić information content (AvgIpc) is 2.54. The second kappa shape index (κ2) is 11.7. The lowest BCUT2D eigenvalue weighted by Gasteiger charge is -2.35. The van der Waals surface area contributed by atoms with Crippen molar-refractivity contribution in [3.63, 3.8) is 0 Å². The number of carbonyl (C=O) groups excluding carboxylic acids is 2. The van der Waals surface area contributed by atoms with E-state index in [9.17, 15) is 9.59 Å². The molecule has 26 heavy (non-hydrogen) atoms. The van der Waals surface area contributed by atoms with Crippen LogP contribution in [0.15, 0.2) is 0 Å². The smallest absolute Gasteiger partial charge is 0.410 e. The number of hydrogen-bond donors (Lipinski definition) is 1. The van der Waals surface area contributed by atoms with Crippen LogP contribution in [0, 0.1) is 5.92 Å². The molecule has 7 heteroatoms. The van der Waals surface area contributed by atoms with Gasteiger partial charge in [0.05, 0.1) is 5.75 Å². The quantitative estimate of drug-likeness (QED) is 0.617. The highest BCUT2D eigenvalue weighted by Gasteiger charge is 2.25. The Morgan fingerprint density at radius 2 is 1.81 bits per heavy atom. The van der Waals surface area contributed by atoms with Crippen LogP contribution in [0.3, 0.4) is 0 Å². The van der Waals surface area contributed by atoms with Gasteiger partial charge in [0, 0.05) is 32.7 Å². The number of nitrogens with zero attached hydrogens (tertiary/aromatic N) is 2. The fourth-order valence-corrected chi connectivity index (χ4v) is 3.62. The monoisotopic (exact) mass is 387 g/mol. The number of nitrogens with one attached hydrogen (secondary N) is 1. The standard InChI is InChI=1S/C19H37N3O3S/c1-16(2)7-14-26-15-17(23)20-8-6-9-21-10-12-22(13-11-21)18(24)25-19(3,4)5/h16H,6-15H2,1-5H3,(H,20,23). The summed E-state index contributed by atoms with van der Waals surface area (Å²) < 4.78 is 5.41. The molecule has 152 valence electrons. The second-order valence-corrected chi connectivity index (χ2v) is 9.35. The Kier molecular flexibility index (Phi) is 10.4. The van der Waals surface area contributed by atoms with Crippen LogP contribution in [-0.4, -0.2) is 78.2 Å². The number of piperazine rings is 1. The summed E-state index contributed by atoms with van der Waals surface area (Å²) >= 11 is 1.71. The van der Waals surface area contributed by atoms with Crippen LogP contribution >= 0.6 is 11.8 Å². The Morgan fingerprint density at radius 3 is 2.38 bits per heavy atom. The zero-order chi connectivity index (χ0) is 19.6. The molecule has 0 atom stereocenters. The van der Waals surface area contributed by atoms with Crippen molar-refractivity contribution in [3.05, 3.63) is 0 Å². The molecule has 1 aliphatic rings. The van der Waals surface area contributed by atoms with Gasteiger partial charge in [-0.15, -0.1) is 0 Å². The zero-order valence-corrected chi connectivity index (χ0v) is 18.0. The lowest BCUT2D eigenvalue weighted by molar-refractivity contribution is -0.118. The van der Waals surface area contributed by atoms with E-state index in [2.05, 4.69) is 24.1 Å². The lowest BCUT2D eigenvalue weighted by atomic mass is 10.2. The molecule has 0 unspecified atom stereocenters. The second-order valence-electron chi connectivity index (χ2n) is 8.25. The van der Waals surface area contributed by atoms with E-state index in [1.165, 1.54) is 0 Å². The average molecular weight is 388 g/mol. The number of rotatable bonds is 9. The van der Waals surface area contributed by atoms with Crippen LogP contribution < -0.4 is 5.32 Å². The molecule has 1 N–H and O–H groups in total. The highest BCUT2D eigenvalue weighted by molar-refractivity contribution is 7.99. The molecule has 1 fully saturated rings. The van der Waals surface area contributed by atoms with Gasteiger partial charge >= 0.3 is 6.09 Å². The van der Waals surface area contributed by atoms with Crippen LogP contribution in [0.2, 0.25) is 0 Å². The molecule has 0 aliphatic carbocycles. The molecule has 0 aromatic carbocycles. The number of amides is 2. The van der Waals surface area contributed by atoms with Gasteiger partial charge in [-0.1, -0.05) is 13.8 Å². The maximum Gasteiger partial charge on any atom is 0.410 e. The number of ether oxygens (including phenoxy) is 1. The molecule has 1 rings (SSSR count). The molecular formula is C19H37N3O3S. The van der Waals surface area contributed by atoms with E-state index in [4.69, 9.17) is 4.74 Å². The highest BCUT2D eigenvalue weighted by Crippen LogP contribution is 2.12. The number of thioether (sulfide) groups is 1. The maximum absolute atomic E-state index is 12.0. The van der Waals surface area contributed by atoms with Gasteiger partial charge in [-0.3, -0.25) is 9.69 Å². The minimum absolute atomic E-state index is 0.133. The summed E-state index contributed by atoms with van der Waals surface area (Å²) in [6, 6.07) is 0. The minimum Gasteiger partial charge on any atom is -0.444 e. The molecule has 0 aromatic rings. The number of hydrogen-bond acceptors (Lipinski definition) is 5. The summed E-state index contributed by atoms with van der Waals surface area (Å²) in [6.07, 6.45) is 1.88. The first kappa shape index (κ1) is 23.1. The van der Waals surface area contributed by atoms with Crippen LogP contribution in [0.5, 0.6) is 0 Å². The summed E-state index contributed by atoms with van der Waals surface area (Å²) in [4.78, 5) is 27.9. The van der Waals surface area contributed by atoms with Crippen molar-refractivity contribution < 1.29 is 14.3 Å². The molecule has 0 saturated carbocycles. The third-order valence-electron chi connectivity index (χ3n) is 4.07. The van der Waals surface area contributed by atoms with E-state index in [0.717, 1.165) is 44.8 Å². The van der Waals surface area contributed by atoms with Gasteiger partial charge in [-0.25, -0.2) is 4.79 Å². The molecular weight excluding hydrogens is 350 g/mol.